The summed E-state index contributed by atoms with van der Waals surface area (Å²) in [6.07, 6.45) is 2.32. The van der Waals surface area contributed by atoms with Crippen molar-refractivity contribution in [1.82, 2.24) is 5.32 Å². The maximum atomic E-state index is 11.7. The molecule has 1 aliphatic carbocycles. The van der Waals surface area contributed by atoms with Crippen molar-refractivity contribution in [3.63, 3.8) is 0 Å². The molecule has 80 valence electrons. The molecule has 15 heavy (non-hydrogen) atoms. The lowest BCUT2D eigenvalue weighted by Gasteiger charge is -2.02. The lowest BCUT2D eigenvalue weighted by Crippen LogP contribution is -2.33. The number of carbonyl (C=O) groups is 2. The van der Waals surface area contributed by atoms with Gasteiger partial charge in [0.05, 0.1) is 11.4 Å². The number of amides is 2. The number of hydrogen-bond acceptors (Lipinski definition) is 3. The Morgan fingerprint density at radius 1 is 1.53 bits per heavy atom. The third kappa shape index (κ3) is 2.36. The lowest BCUT2D eigenvalue weighted by molar-refractivity contribution is -0.117. The van der Waals surface area contributed by atoms with Gasteiger partial charge in [-0.05, 0) is 35.8 Å². The molecule has 0 atom stereocenters. The summed E-state index contributed by atoms with van der Waals surface area (Å²) in [7, 11) is 0. The average Bonchev–Trinajstić information content (AvgIpc) is 2.93. The Labute approximate surface area is 91.5 Å². The number of nitrogens with one attached hydrogen (secondary N) is 1. The van der Waals surface area contributed by atoms with E-state index in [1.54, 1.807) is 0 Å². The summed E-state index contributed by atoms with van der Waals surface area (Å²) in [4.78, 5) is 22.9. The van der Waals surface area contributed by atoms with E-state index in [1.807, 2.05) is 11.4 Å². The summed E-state index contributed by atoms with van der Waals surface area (Å²) < 4.78 is 0. The van der Waals surface area contributed by atoms with Gasteiger partial charge in [-0.25, -0.2) is 0 Å². The third-order valence-corrected chi connectivity index (χ3v) is 3.27. The van der Waals surface area contributed by atoms with Gasteiger partial charge in [0, 0.05) is 0 Å². The van der Waals surface area contributed by atoms with Gasteiger partial charge in [0.1, 0.15) is 0 Å². The molecular formula is C10H12N2O2S. The maximum absolute atomic E-state index is 11.7. The van der Waals surface area contributed by atoms with Gasteiger partial charge in [0.15, 0.2) is 0 Å². The second-order valence-corrected chi connectivity index (χ2v) is 4.54. The first kappa shape index (κ1) is 10.2. The first-order valence-corrected chi connectivity index (χ1v) is 5.70. The Bertz CT molecular complexity index is 396. The standard InChI is InChI=1S/C10H12N2O2S/c11-8(13)5-12-10(14)9-7(3-4-15-9)6-1-2-6/h3-4,6H,1-2,5H2,(H2,11,13)(H,12,14). The van der Waals surface area contributed by atoms with Crippen molar-refractivity contribution in [2.75, 3.05) is 6.54 Å². The summed E-state index contributed by atoms with van der Waals surface area (Å²) in [5.74, 6) is -0.163. The van der Waals surface area contributed by atoms with Crippen LogP contribution in [0.15, 0.2) is 11.4 Å². The number of nitrogens with two attached hydrogens (primary N) is 1. The molecule has 0 aromatic carbocycles. The Hall–Kier alpha value is -1.36. The van der Waals surface area contributed by atoms with E-state index < -0.39 is 5.91 Å². The van der Waals surface area contributed by atoms with Crippen LogP contribution in [0.4, 0.5) is 0 Å². The fourth-order valence-corrected chi connectivity index (χ4v) is 2.37. The van der Waals surface area contributed by atoms with Crippen LogP contribution < -0.4 is 11.1 Å². The van der Waals surface area contributed by atoms with Crippen LogP contribution in [0.2, 0.25) is 0 Å². The predicted molar refractivity (Wildman–Crippen MR) is 57.8 cm³/mol. The van der Waals surface area contributed by atoms with Crippen molar-refractivity contribution in [3.8, 4) is 0 Å². The molecular weight excluding hydrogens is 212 g/mol. The molecule has 1 aromatic rings. The van der Waals surface area contributed by atoms with E-state index in [4.69, 9.17) is 5.73 Å². The molecule has 0 bridgehead atoms. The highest BCUT2D eigenvalue weighted by Crippen LogP contribution is 2.43. The van der Waals surface area contributed by atoms with Gasteiger partial charge in [0.2, 0.25) is 5.91 Å². The zero-order valence-corrected chi connectivity index (χ0v) is 8.97. The second-order valence-electron chi connectivity index (χ2n) is 3.63. The largest absolute Gasteiger partial charge is 0.368 e. The summed E-state index contributed by atoms with van der Waals surface area (Å²) in [5, 5.41) is 4.41. The van der Waals surface area contributed by atoms with Gasteiger partial charge in [-0.3, -0.25) is 9.59 Å². The molecule has 0 unspecified atom stereocenters. The SMILES string of the molecule is NC(=O)CNC(=O)c1sccc1C1CC1. The van der Waals surface area contributed by atoms with Crippen LogP contribution in [0.1, 0.15) is 34.0 Å². The summed E-state index contributed by atoms with van der Waals surface area (Å²) >= 11 is 1.41. The minimum Gasteiger partial charge on any atom is -0.368 e. The van der Waals surface area contributed by atoms with Gasteiger partial charge < -0.3 is 11.1 Å². The number of primary amides is 1. The molecule has 4 nitrogen and oxygen atoms in total. The van der Waals surface area contributed by atoms with Crippen molar-refractivity contribution in [3.05, 3.63) is 21.9 Å². The summed E-state index contributed by atoms with van der Waals surface area (Å²) in [6, 6.07) is 1.99. The van der Waals surface area contributed by atoms with Crippen LogP contribution >= 0.6 is 11.3 Å². The summed E-state index contributed by atoms with van der Waals surface area (Å²) in [6.45, 7) is -0.0964. The van der Waals surface area contributed by atoms with Gasteiger partial charge in [-0.15, -0.1) is 11.3 Å². The topological polar surface area (TPSA) is 72.2 Å². The second kappa shape index (κ2) is 4.02. The van der Waals surface area contributed by atoms with E-state index in [0.29, 0.717) is 5.92 Å². The van der Waals surface area contributed by atoms with E-state index >= 15 is 0 Å². The highest BCUT2D eigenvalue weighted by Gasteiger charge is 2.28. The monoisotopic (exact) mass is 224 g/mol. The number of thiophene rings is 1. The molecule has 2 rings (SSSR count). The zero-order chi connectivity index (χ0) is 10.8. The first-order valence-electron chi connectivity index (χ1n) is 4.82. The predicted octanol–water partition coefficient (Wildman–Crippen LogP) is 0.841. The van der Waals surface area contributed by atoms with Crippen molar-refractivity contribution in [1.29, 1.82) is 0 Å². The normalized spacial score (nSPS) is 14.9. The quantitative estimate of drug-likeness (QED) is 0.795. The molecule has 2 amide bonds. The first-order chi connectivity index (χ1) is 7.18. The molecule has 0 aliphatic heterocycles. The zero-order valence-electron chi connectivity index (χ0n) is 8.16. The molecule has 0 spiro atoms. The van der Waals surface area contributed by atoms with E-state index in [-0.39, 0.29) is 12.5 Å². The highest BCUT2D eigenvalue weighted by molar-refractivity contribution is 7.12. The van der Waals surface area contributed by atoms with Crippen LogP contribution in [0.25, 0.3) is 0 Å². The van der Waals surface area contributed by atoms with E-state index in [0.717, 1.165) is 23.3 Å². The van der Waals surface area contributed by atoms with Crippen LogP contribution in [-0.2, 0) is 4.79 Å². The fourth-order valence-electron chi connectivity index (χ4n) is 1.47. The smallest absolute Gasteiger partial charge is 0.262 e. The van der Waals surface area contributed by atoms with Crippen molar-refractivity contribution in [2.45, 2.75) is 18.8 Å². The van der Waals surface area contributed by atoms with Crippen molar-refractivity contribution in [2.24, 2.45) is 5.73 Å². The van der Waals surface area contributed by atoms with E-state index in [2.05, 4.69) is 5.32 Å². The van der Waals surface area contributed by atoms with Gasteiger partial charge in [-0.2, -0.15) is 0 Å². The Balaban J connectivity index is 2.04. The van der Waals surface area contributed by atoms with Crippen LogP contribution in [0.5, 0.6) is 0 Å². The van der Waals surface area contributed by atoms with Crippen LogP contribution in [0.3, 0.4) is 0 Å². The number of hydrogen-bond donors (Lipinski definition) is 2. The Morgan fingerprint density at radius 2 is 2.27 bits per heavy atom. The molecule has 0 saturated heterocycles. The molecule has 3 N–H and O–H groups in total. The van der Waals surface area contributed by atoms with Crippen molar-refractivity contribution >= 4 is 23.2 Å². The molecule has 1 fully saturated rings. The molecule has 1 saturated carbocycles. The fraction of sp³-hybridized carbons (Fsp3) is 0.400. The minimum atomic E-state index is -0.520. The summed E-state index contributed by atoms with van der Waals surface area (Å²) in [5.41, 5.74) is 6.07. The molecule has 1 aliphatic rings. The molecule has 1 heterocycles. The maximum Gasteiger partial charge on any atom is 0.262 e. The molecule has 5 heteroatoms. The van der Waals surface area contributed by atoms with Gasteiger partial charge >= 0.3 is 0 Å². The van der Waals surface area contributed by atoms with Crippen LogP contribution in [0, 0.1) is 0 Å². The molecule has 1 aromatic heterocycles. The molecule has 0 radical (unpaired) electrons. The Kier molecular flexibility index (Phi) is 2.73. The Morgan fingerprint density at radius 3 is 2.87 bits per heavy atom. The lowest BCUT2D eigenvalue weighted by atomic mass is 10.1. The van der Waals surface area contributed by atoms with Gasteiger partial charge in [0.25, 0.3) is 5.91 Å². The average molecular weight is 224 g/mol. The van der Waals surface area contributed by atoms with Crippen LogP contribution in [-0.4, -0.2) is 18.4 Å². The number of carbonyl (C=O) groups excluding carboxylic acids is 2. The van der Waals surface area contributed by atoms with E-state index in [1.165, 1.54) is 11.3 Å². The third-order valence-electron chi connectivity index (χ3n) is 2.34. The van der Waals surface area contributed by atoms with Crippen molar-refractivity contribution < 1.29 is 9.59 Å². The minimum absolute atomic E-state index is 0.0964. The van der Waals surface area contributed by atoms with E-state index in [9.17, 15) is 9.59 Å². The number of rotatable bonds is 4. The highest BCUT2D eigenvalue weighted by atomic mass is 32.1. The van der Waals surface area contributed by atoms with Gasteiger partial charge in [-0.1, -0.05) is 0 Å².